The van der Waals surface area contributed by atoms with Gasteiger partial charge in [-0.1, -0.05) is 53.5 Å². The van der Waals surface area contributed by atoms with Crippen molar-refractivity contribution >= 4 is 34.6 Å². The van der Waals surface area contributed by atoms with E-state index in [1.165, 1.54) is 28.2 Å². The van der Waals surface area contributed by atoms with Gasteiger partial charge in [-0.2, -0.15) is 0 Å². The standard InChI is InChI=1S/C28H26Cl2N6O6/c1-33-23(37)19(24(38)34(2)27(33)41)21(15-8-7-9-16(29)14-15)31-12-13-32-22(17-10-5-6-11-18(17)30)20-25(39)35(3)28(42)36(4)26(20)40/h5-11,14,37,39H,12-13H2,1-4H3. The van der Waals surface area contributed by atoms with Crippen molar-refractivity contribution in [3.05, 3.63) is 123 Å². The molecule has 0 spiro atoms. The molecule has 42 heavy (non-hydrogen) atoms. The van der Waals surface area contributed by atoms with Crippen LogP contribution in [0.3, 0.4) is 0 Å². The molecule has 0 aliphatic heterocycles. The van der Waals surface area contributed by atoms with Gasteiger partial charge in [0, 0.05) is 49.4 Å². The van der Waals surface area contributed by atoms with Gasteiger partial charge in [0.15, 0.2) is 0 Å². The zero-order chi connectivity index (χ0) is 30.9. The van der Waals surface area contributed by atoms with Crippen LogP contribution in [-0.4, -0.2) is 53.0 Å². The summed E-state index contributed by atoms with van der Waals surface area (Å²) in [5.74, 6) is -1.18. The van der Waals surface area contributed by atoms with Crippen LogP contribution >= 0.6 is 23.2 Å². The molecule has 0 aliphatic carbocycles. The van der Waals surface area contributed by atoms with E-state index >= 15 is 0 Å². The zero-order valence-electron chi connectivity index (χ0n) is 23.0. The van der Waals surface area contributed by atoms with Crippen LogP contribution in [0.25, 0.3) is 0 Å². The minimum Gasteiger partial charge on any atom is -0.494 e. The number of nitrogens with zero attached hydrogens (tertiary/aromatic N) is 6. The predicted octanol–water partition coefficient (Wildman–Crippen LogP) is 1.57. The molecule has 2 aromatic heterocycles. The summed E-state index contributed by atoms with van der Waals surface area (Å²) in [6.45, 7) is -0.156. The third kappa shape index (κ3) is 5.46. The van der Waals surface area contributed by atoms with E-state index in [0.29, 0.717) is 16.1 Å². The Morgan fingerprint density at radius 2 is 1.19 bits per heavy atom. The van der Waals surface area contributed by atoms with Crippen LogP contribution in [0.5, 0.6) is 11.8 Å². The molecule has 2 N–H and O–H groups in total. The number of benzene rings is 2. The van der Waals surface area contributed by atoms with Gasteiger partial charge in [0.25, 0.3) is 11.1 Å². The summed E-state index contributed by atoms with van der Waals surface area (Å²) in [6, 6.07) is 13.0. The van der Waals surface area contributed by atoms with Gasteiger partial charge in [-0.05, 0) is 18.2 Å². The lowest BCUT2D eigenvalue weighted by atomic mass is 10.0. The molecule has 12 nitrogen and oxygen atoms in total. The smallest absolute Gasteiger partial charge is 0.333 e. The lowest BCUT2D eigenvalue weighted by Crippen LogP contribution is -2.40. The maximum atomic E-state index is 13.1. The molecule has 14 heteroatoms. The topological polar surface area (TPSA) is 153 Å². The van der Waals surface area contributed by atoms with Crippen molar-refractivity contribution in [2.45, 2.75) is 0 Å². The lowest BCUT2D eigenvalue weighted by molar-refractivity contribution is 0.410. The second-order valence-corrected chi connectivity index (χ2v) is 10.1. The van der Waals surface area contributed by atoms with Crippen molar-refractivity contribution in [1.29, 1.82) is 0 Å². The van der Waals surface area contributed by atoms with E-state index in [9.17, 15) is 29.4 Å². The fourth-order valence-electron chi connectivity index (χ4n) is 4.31. The highest BCUT2D eigenvalue weighted by Crippen LogP contribution is 2.23. The van der Waals surface area contributed by atoms with Crippen LogP contribution in [0, 0.1) is 0 Å². The maximum Gasteiger partial charge on any atom is 0.333 e. The van der Waals surface area contributed by atoms with Gasteiger partial charge in [-0.15, -0.1) is 0 Å². The van der Waals surface area contributed by atoms with Crippen LogP contribution in [-0.2, 0) is 28.2 Å². The van der Waals surface area contributed by atoms with Crippen molar-refractivity contribution in [2.75, 3.05) is 13.1 Å². The Morgan fingerprint density at radius 3 is 1.71 bits per heavy atom. The molecule has 0 bridgehead atoms. The van der Waals surface area contributed by atoms with E-state index in [4.69, 9.17) is 23.2 Å². The average molecular weight is 613 g/mol. The molecule has 0 radical (unpaired) electrons. The molecule has 2 heterocycles. The number of hydrogen-bond donors (Lipinski definition) is 2. The molecule has 2 aromatic carbocycles. The molecule has 0 aliphatic rings. The lowest BCUT2D eigenvalue weighted by Gasteiger charge is -2.14. The Labute approximate surface area is 248 Å². The second kappa shape index (κ2) is 12.0. The molecule has 0 atom stereocenters. The first-order valence-corrected chi connectivity index (χ1v) is 13.2. The number of rotatable bonds is 7. The highest BCUT2D eigenvalue weighted by atomic mass is 35.5. The molecule has 0 saturated heterocycles. The average Bonchev–Trinajstić information content (AvgIpc) is 2.97. The Balaban J connectivity index is 1.89. The SMILES string of the molecule is Cn1c(O)c(C(=NCCN=C(c2ccccc2Cl)c2c(O)n(C)c(=O)n(C)c2=O)c2cccc(Cl)c2)c(=O)n(C)c1=O. The normalized spacial score (nSPS) is 12.1. The maximum absolute atomic E-state index is 13.1. The molecule has 0 saturated carbocycles. The summed E-state index contributed by atoms with van der Waals surface area (Å²) >= 11 is 12.6. The van der Waals surface area contributed by atoms with Gasteiger partial charge in [-0.25, -0.2) is 9.59 Å². The summed E-state index contributed by atoms with van der Waals surface area (Å²) in [6.07, 6.45) is 0. The number of hydrogen-bond acceptors (Lipinski definition) is 8. The van der Waals surface area contributed by atoms with E-state index in [0.717, 1.165) is 18.3 Å². The summed E-state index contributed by atoms with van der Waals surface area (Å²) in [4.78, 5) is 60.0. The molecular formula is C28H26Cl2N6O6. The first kappa shape index (κ1) is 30.3. The highest BCUT2D eigenvalue weighted by molar-refractivity contribution is 6.35. The van der Waals surface area contributed by atoms with Crippen molar-refractivity contribution in [3.8, 4) is 11.8 Å². The summed E-state index contributed by atoms with van der Waals surface area (Å²) in [5.41, 5.74) is -2.66. The first-order chi connectivity index (χ1) is 19.9. The van der Waals surface area contributed by atoms with Crippen LogP contribution in [0.15, 0.2) is 77.7 Å². The van der Waals surface area contributed by atoms with Crippen LogP contribution < -0.4 is 22.5 Å². The molecular weight excluding hydrogens is 587 g/mol. The quantitative estimate of drug-likeness (QED) is 0.239. The van der Waals surface area contributed by atoms with Crippen molar-refractivity contribution in [1.82, 2.24) is 18.3 Å². The summed E-state index contributed by atoms with van der Waals surface area (Å²) in [5, 5.41) is 22.2. The van der Waals surface area contributed by atoms with E-state index < -0.39 is 34.3 Å². The third-order valence-electron chi connectivity index (χ3n) is 6.61. The number of aromatic hydroxyl groups is 2. The zero-order valence-corrected chi connectivity index (χ0v) is 24.5. The number of halogens is 2. The van der Waals surface area contributed by atoms with Gasteiger partial charge in [0.05, 0.1) is 24.5 Å². The number of aromatic nitrogens is 4. The van der Waals surface area contributed by atoms with E-state index in [1.54, 1.807) is 48.5 Å². The van der Waals surface area contributed by atoms with Crippen LogP contribution in [0.1, 0.15) is 22.3 Å². The van der Waals surface area contributed by atoms with Gasteiger partial charge in [-0.3, -0.25) is 37.8 Å². The van der Waals surface area contributed by atoms with Crippen LogP contribution in [0.2, 0.25) is 10.0 Å². The highest BCUT2D eigenvalue weighted by Gasteiger charge is 2.24. The Hall–Kier alpha value is -4.68. The van der Waals surface area contributed by atoms with E-state index in [2.05, 4.69) is 9.98 Å². The first-order valence-electron chi connectivity index (χ1n) is 12.4. The fourth-order valence-corrected chi connectivity index (χ4v) is 4.72. The van der Waals surface area contributed by atoms with Gasteiger partial charge >= 0.3 is 11.4 Å². The number of aliphatic imine (C=N–C) groups is 2. The molecule has 0 amide bonds. The van der Waals surface area contributed by atoms with Crippen LogP contribution in [0.4, 0.5) is 0 Å². The summed E-state index contributed by atoms with van der Waals surface area (Å²) < 4.78 is 3.52. The molecule has 4 rings (SSSR count). The van der Waals surface area contributed by atoms with E-state index in [1.807, 2.05) is 0 Å². The van der Waals surface area contributed by atoms with Crippen molar-refractivity contribution < 1.29 is 10.2 Å². The molecule has 4 aromatic rings. The second-order valence-electron chi connectivity index (χ2n) is 9.26. The van der Waals surface area contributed by atoms with Gasteiger partial charge < -0.3 is 10.2 Å². The minimum atomic E-state index is -0.781. The van der Waals surface area contributed by atoms with Gasteiger partial charge in [0.2, 0.25) is 11.8 Å². The Morgan fingerprint density at radius 1 is 0.690 bits per heavy atom. The van der Waals surface area contributed by atoms with Gasteiger partial charge in [0.1, 0.15) is 11.1 Å². The monoisotopic (exact) mass is 612 g/mol. The summed E-state index contributed by atoms with van der Waals surface area (Å²) in [7, 11) is 5.19. The van der Waals surface area contributed by atoms with Crippen molar-refractivity contribution in [2.24, 2.45) is 38.2 Å². The molecule has 0 fully saturated rings. The largest absolute Gasteiger partial charge is 0.494 e. The minimum absolute atomic E-state index is 0.0228. The Bertz CT molecular complexity index is 2020. The molecule has 0 unspecified atom stereocenters. The molecule has 218 valence electrons. The van der Waals surface area contributed by atoms with E-state index in [-0.39, 0.29) is 40.7 Å². The van der Waals surface area contributed by atoms with Crippen molar-refractivity contribution in [3.63, 3.8) is 0 Å². The third-order valence-corrected chi connectivity index (χ3v) is 7.17. The predicted molar refractivity (Wildman–Crippen MR) is 161 cm³/mol. The fraction of sp³-hybridized carbons (Fsp3) is 0.214. The Kier molecular flexibility index (Phi) is 8.69.